The summed E-state index contributed by atoms with van der Waals surface area (Å²) in [6.07, 6.45) is 15.8. The summed E-state index contributed by atoms with van der Waals surface area (Å²) >= 11 is 5.52. The molecule has 0 heterocycles. The maximum absolute atomic E-state index is 11.3. The Morgan fingerprint density at radius 3 is 1.88 bits per heavy atom. The quantitative estimate of drug-likeness (QED) is 0.225. The summed E-state index contributed by atoms with van der Waals surface area (Å²) in [7, 11) is 1.59. The second-order valence-electron chi connectivity index (χ2n) is 6.88. The molecule has 0 spiro atoms. The lowest BCUT2D eigenvalue weighted by molar-refractivity contribution is 0.108. The number of ether oxygens (including phenoxy) is 2. The molecule has 3 nitrogen and oxygen atoms in total. The van der Waals surface area contributed by atoms with Gasteiger partial charge in [0.25, 0.3) is 5.24 Å². The van der Waals surface area contributed by atoms with E-state index in [9.17, 15) is 4.79 Å². The van der Waals surface area contributed by atoms with Crippen LogP contribution in [0.5, 0.6) is 11.5 Å². The lowest BCUT2D eigenvalue weighted by Gasteiger charge is -2.11. The van der Waals surface area contributed by atoms with Crippen LogP contribution in [0.1, 0.15) is 94.3 Å². The average Bonchev–Trinajstić information content (AvgIpc) is 2.65. The number of carbonyl (C=O) groups is 1. The van der Waals surface area contributed by atoms with Crippen molar-refractivity contribution in [3.8, 4) is 11.5 Å². The van der Waals surface area contributed by atoms with Crippen LogP contribution in [0.2, 0.25) is 0 Å². The van der Waals surface area contributed by atoms with Crippen molar-refractivity contribution in [2.24, 2.45) is 0 Å². The summed E-state index contributed by atoms with van der Waals surface area (Å²) in [5, 5.41) is -0.483. The fourth-order valence-corrected chi connectivity index (χ4v) is 3.15. The molecule has 0 N–H and O–H groups in total. The first kappa shape index (κ1) is 22.8. The zero-order valence-electron chi connectivity index (χ0n) is 16.5. The molecule has 0 unspecified atom stereocenters. The van der Waals surface area contributed by atoms with Crippen molar-refractivity contribution in [2.75, 3.05) is 13.7 Å². The summed E-state index contributed by atoms with van der Waals surface area (Å²) in [6.45, 7) is 2.90. The number of benzene rings is 1. The molecule has 0 atom stereocenters. The lowest BCUT2D eigenvalue weighted by Crippen LogP contribution is -2.01. The van der Waals surface area contributed by atoms with Crippen LogP contribution in [-0.2, 0) is 0 Å². The molecule has 0 aliphatic heterocycles. The first-order chi connectivity index (χ1) is 12.7. The predicted octanol–water partition coefficient (Wildman–Crippen LogP) is 7.15. The van der Waals surface area contributed by atoms with Crippen LogP contribution in [-0.4, -0.2) is 19.0 Å². The standard InChI is InChI=1S/C22H35ClO3/c1-3-4-5-6-7-8-9-10-11-12-13-14-17-26-21-18-19(22(23)24)15-16-20(21)25-2/h15-16,18H,3-14,17H2,1-2H3. The Morgan fingerprint density at radius 1 is 0.846 bits per heavy atom. The van der Waals surface area contributed by atoms with E-state index in [4.69, 9.17) is 21.1 Å². The minimum Gasteiger partial charge on any atom is -0.493 e. The van der Waals surface area contributed by atoms with E-state index in [-0.39, 0.29) is 0 Å². The fourth-order valence-electron chi connectivity index (χ4n) is 3.04. The molecule has 4 heteroatoms. The molecule has 0 saturated heterocycles. The molecule has 0 saturated carbocycles. The van der Waals surface area contributed by atoms with Crippen molar-refractivity contribution in [3.05, 3.63) is 23.8 Å². The Hall–Kier alpha value is -1.22. The molecule has 0 radical (unpaired) electrons. The first-order valence-corrected chi connectivity index (χ1v) is 10.6. The number of unbranched alkanes of at least 4 members (excludes halogenated alkanes) is 11. The van der Waals surface area contributed by atoms with E-state index in [2.05, 4.69) is 6.92 Å². The molecular formula is C22H35ClO3. The van der Waals surface area contributed by atoms with Crippen molar-refractivity contribution in [1.82, 2.24) is 0 Å². The van der Waals surface area contributed by atoms with E-state index in [1.165, 1.54) is 70.6 Å². The van der Waals surface area contributed by atoms with Crippen LogP contribution in [0.15, 0.2) is 18.2 Å². The van der Waals surface area contributed by atoms with Gasteiger partial charge in [0.05, 0.1) is 13.7 Å². The van der Waals surface area contributed by atoms with Crippen LogP contribution in [0.3, 0.4) is 0 Å². The highest BCUT2D eigenvalue weighted by atomic mass is 35.5. The Kier molecular flexibility index (Phi) is 13.1. The number of rotatable bonds is 16. The number of methoxy groups -OCH3 is 1. The lowest BCUT2D eigenvalue weighted by atomic mass is 10.1. The van der Waals surface area contributed by atoms with Crippen LogP contribution in [0.4, 0.5) is 0 Å². The number of hydrogen-bond donors (Lipinski definition) is 0. The van der Waals surface area contributed by atoms with E-state index < -0.39 is 5.24 Å². The first-order valence-electron chi connectivity index (χ1n) is 10.2. The second-order valence-corrected chi connectivity index (χ2v) is 7.22. The largest absolute Gasteiger partial charge is 0.493 e. The van der Waals surface area contributed by atoms with Crippen molar-refractivity contribution in [2.45, 2.75) is 84.0 Å². The van der Waals surface area contributed by atoms with Gasteiger partial charge in [-0.2, -0.15) is 0 Å². The molecule has 148 valence electrons. The molecule has 0 amide bonds. The van der Waals surface area contributed by atoms with E-state index in [1.807, 2.05) is 0 Å². The molecule has 0 aliphatic rings. The molecule has 1 aromatic rings. The van der Waals surface area contributed by atoms with E-state index in [0.717, 1.165) is 6.42 Å². The minimum absolute atomic E-state index is 0.428. The second kappa shape index (κ2) is 14.9. The Labute approximate surface area is 164 Å². The fraction of sp³-hybridized carbons (Fsp3) is 0.682. The number of hydrogen-bond acceptors (Lipinski definition) is 3. The Bertz CT molecular complexity index is 502. The Balaban J connectivity index is 2.05. The van der Waals surface area contributed by atoms with Gasteiger partial charge in [0.15, 0.2) is 11.5 Å². The number of carbonyl (C=O) groups excluding carboxylic acids is 1. The van der Waals surface area contributed by atoms with E-state index >= 15 is 0 Å². The van der Waals surface area contributed by atoms with Gasteiger partial charge in [-0.15, -0.1) is 0 Å². The summed E-state index contributed by atoms with van der Waals surface area (Å²) in [4.78, 5) is 11.3. The minimum atomic E-state index is -0.483. The van der Waals surface area contributed by atoms with Crippen LogP contribution in [0.25, 0.3) is 0 Å². The maximum Gasteiger partial charge on any atom is 0.252 e. The molecule has 1 aromatic carbocycles. The summed E-state index contributed by atoms with van der Waals surface area (Å²) in [6, 6.07) is 5.01. The zero-order chi connectivity index (χ0) is 19.0. The van der Waals surface area contributed by atoms with Gasteiger partial charge < -0.3 is 9.47 Å². The van der Waals surface area contributed by atoms with Gasteiger partial charge in [0.1, 0.15) is 0 Å². The molecule has 0 fully saturated rings. The summed E-state index contributed by atoms with van der Waals surface area (Å²) in [5.41, 5.74) is 0.428. The molecule has 0 aliphatic carbocycles. The highest BCUT2D eigenvalue weighted by molar-refractivity contribution is 6.67. The van der Waals surface area contributed by atoms with Gasteiger partial charge in [0, 0.05) is 5.56 Å². The van der Waals surface area contributed by atoms with Crippen molar-refractivity contribution >= 4 is 16.8 Å². The maximum atomic E-state index is 11.3. The van der Waals surface area contributed by atoms with Gasteiger partial charge in [-0.05, 0) is 36.2 Å². The van der Waals surface area contributed by atoms with Crippen LogP contribution >= 0.6 is 11.6 Å². The van der Waals surface area contributed by atoms with Gasteiger partial charge in [-0.25, -0.2) is 0 Å². The highest BCUT2D eigenvalue weighted by Gasteiger charge is 2.09. The molecule has 26 heavy (non-hydrogen) atoms. The topological polar surface area (TPSA) is 35.5 Å². The SMILES string of the molecule is CCCCCCCCCCCCCCOc1cc(C(=O)Cl)ccc1OC. The average molecular weight is 383 g/mol. The van der Waals surface area contributed by atoms with Crippen molar-refractivity contribution in [1.29, 1.82) is 0 Å². The molecule has 0 bridgehead atoms. The van der Waals surface area contributed by atoms with Crippen LogP contribution < -0.4 is 9.47 Å². The molecule has 1 rings (SSSR count). The third-order valence-electron chi connectivity index (χ3n) is 4.65. The summed E-state index contributed by atoms with van der Waals surface area (Å²) < 4.78 is 11.0. The van der Waals surface area contributed by atoms with Crippen molar-refractivity contribution in [3.63, 3.8) is 0 Å². The van der Waals surface area contributed by atoms with E-state index in [1.54, 1.807) is 25.3 Å². The van der Waals surface area contributed by atoms with Gasteiger partial charge in [0.2, 0.25) is 0 Å². The van der Waals surface area contributed by atoms with Crippen molar-refractivity contribution < 1.29 is 14.3 Å². The zero-order valence-corrected chi connectivity index (χ0v) is 17.3. The molecular weight excluding hydrogens is 348 g/mol. The summed E-state index contributed by atoms with van der Waals surface area (Å²) in [5.74, 6) is 1.22. The normalized spacial score (nSPS) is 10.7. The van der Waals surface area contributed by atoms with Gasteiger partial charge in [-0.1, -0.05) is 77.6 Å². The smallest absolute Gasteiger partial charge is 0.252 e. The highest BCUT2D eigenvalue weighted by Crippen LogP contribution is 2.29. The molecule has 0 aromatic heterocycles. The van der Waals surface area contributed by atoms with Gasteiger partial charge in [-0.3, -0.25) is 4.79 Å². The third kappa shape index (κ3) is 10.1. The van der Waals surface area contributed by atoms with E-state index in [0.29, 0.717) is 23.7 Å². The third-order valence-corrected chi connectivity index (χ3v) is 4.86. The van der Waals surface area contributed by atoms with Crippen LogP contribution in [0, 0.1) is 0 Å². The monoisotopic (exact) mass is 382 g/mol. The Morgan fingerprint density at radius 2 is 1.38 bits per heavy atom. The predicted molar refractivity (Wildman–Crippen MR) is 110 cm³/mol. The van der Waals surface area contributed by atoms with Gasteiger partial charge >= 0.3 is 0 Å². The number of halogens is 1.